The van der Waals surface area contributed by atoms with Gasteiger partial charge in [0.1, 0.15) is 0 Å². The summed E-state index contributed by atoms with van der Waals surface area (Å²) in [5, 5.41) is 2.18. The van der Waals surface area contributed by atoms with Crippen molar-refractivity contribution in [1.29, 1.82) is 0 Å². The maximum atomic E-state index is 5.85. The summed E-state index contributed by atoms with van der Waals surface area (Å²) in [6.07, 6.45) is 5.15. The standard InChI is InChI=1S/C15H31NO/c1-13(2)12-14-6-9-16(10-7-14)17-11-8-15(3,4)5/h13-14H,6-12H2,1-5H3. The van der Waals surface area contributed by atoms with Crippen molar-refractivity contribution in [1.82, 2.24) is 5.06 Å². The van der Waals surface area contributed by atoms with Crippen molar-refractivity contribution in [2.24, 2.45) is 17.3 Å². The zero-order chi connectivity index (χ0) is 12.9. The maximum Gasteiger partial charge on any atom is 0.0690 e. The van der Waals surface area contributed by atoms with Gasteiger partial charge in [0.2, 0.25) is 0 Å². The Hall–Kier alpha value is -0.0800. The minimum absolute atomic E-state index is 0.385. The first kappa shape index (κ1) is 15.0. The Balaban J connectivity index is 2.11. The van der Waals surface area contributed by atoms with Crippen LogP contribution in [-0.4, -0.2) is 24.8 Å². The molecule has 0 radical (unpaired) electrons. The fourth-order valence-electron chi connectivity index (χ4n) is 2.42. The van der Waals surface area contributed by atoms with Crippen LogP contribution in [0.5, 0.6) is 0 Å². The summed E-state index contributed by atoms with van der Waals surface area (Å²) in [6, 6.07) is 0. The predicted octanol–water partition coefficient (Wildman–Crippen LogP) is 4.11. The summed E-state index contributed by atoms with van der Waals surface area (Å²) in [6.45, 7) is 14.6. The van der Waals surface area contributed by atoms with Crippen molar-refractivity contribution in [3.8, 4) is 0 Å². The van der Waals surface area contributed by atoms with Gasteiger partial charge in [0.15, 0.2) is 0 Å². The lowest BCUT2D eigenvalue weighted by Crippen LogP contribution is -2.34. The quantitative estimate of drug-likeness (QED) is 0.718. The third-order valence-electron chi connectivity index (χ3n) is 3.50. The van der Waals surface area contributed by atoms with E-state index in [0.29, 0.717) is 5.41 Å². The first-order valence-corrected chi connectivity index (χ1v) is 7.24. The van der Waals surface area contributed by atoms with Crippen LogP contribution in [0.1, 0.15) is 60.3 Å². The van der Waals surface area contributed by atoms with Gasteiger partial charge in [0.25, 0.3) is 0 Å². The Labute approximate surface area is 108 Å². The zero-order valence-electron chi connectivity index (χ0n) is 12.5. The van der Waals surface area contributed by atoms with E-state index in [1.54, 1.807) is 0 Å². The van der Waals surface area contributed by atoms with Crippen LogP contribution in [-0.2, 0) is 4.84 Å². The van der Waals surface area contributed by atoms with Gasteiger partial charge in [0, 0.05) is 13.1 Å². The van der Waals surface area contributed by atoms with Crippen LogP contribution < -0.4 is 0 Å². The number of hydrogen-bond acceptors (Lipinski definition) is 2. The van der Waals surface area contributed by atoms with Crippen LogP contribution in [0.2, 0.25) is 0 Å². The average molecular weight is 241 g/mol. The van der Waals surface area contributed by atoms with E-state index < -0.39 is 0 Å². The van der Waals surface area contributed by atoms with Crippen molar-refractivity contribution in [2.45, 2.75) is 60.3 Å². The van der Waals surface area contributed by atoms with Gasteiger partial charge in [-0.15, -0.1) is 0 Å². The van der Waals surface area contributed by atoms with Crippen molar-refractivity contribution in [3.63, 3.8) is 0 Å². The van der Waals surface area contributed by atoms with E-state index in [2.05, 4.69) is 39.7 Å². The second-order valence-corrected chi connectivity index (χ2v) is 7.15. The van der Waals surface area contributed by atoms with Crippen LogP contribution in [0.15, 0.2) is 0 Å². The molecule has 0 aromatic carbocycles. The molecule has 0 aromatic rings. The monoisotopic (exact) mass is 241 g/mol. The highest BCUT2D eigenvalue weighted by Crippen LogP contribution is 2.24. The number of piperidine rings is 1. The topological polar surface area (TPSA) is 12.5 Å². The summed E-state index contributed by atoms with van der Waals surface area (Å²) in [7, 11) is 0. The number of hydrogen-bond donors (Lipinski definition) is 0. The average Bonchev–Trinajstić information content (AvgIpc) is 2.18. The summed E-state index contributed by atoms with van der Waals surface area (Å²) in [5.74, 6) is 1.77. The van der Waals surface area contributed by atoms with E-state index in [1.165, 1.54) is 19.3 Å². The Morgan fingerprint density at radius 2 is 1.76 bits per heavy atom. The van der Waals surface area contributed by atoms with Crippen LogP contribution in [0.25, 0.3) is 0 Å². The van der Waals surface area contributed by atoms with Crippen LogP contribution in [0.3, 0.4) is 0 Å². The highest BCUT2D eigenvalue weighted by atomic mass is 16.7. The van der Waals surface area contributed by atoms with E-state index in [9.17, 15) is 0 Å². The van der Waals surface area contributed by atoms with Gasteiger partial charge >= 0.3 is 0 Å². The number of rotatable bonds is 5. The van der Waals surface area contributed by atoms with Crippen molar-refractivity contribution < 1.29 is 4.84 Å². The second-order valence-electron chi connectivity index (χ2n) is 7.15. The lowest BCUT2D eigenvalue weighted by atomic mass is 9.89. The molecule has 0 aliphatic carbocycles. The Kier molecular flexibility index (Phi) is 5.94. The Morgan fingerprint density at radius 1 is 1.18 bits per heavy atom. The molecule has 102 valence electrons. The van der Waals surface area contributed by atoms with Gasteiger partial charge in [-0.1, -0.05) is 34.6 Å². The van der Waals surface area contributed by atoms with Gasteiger partial charge in [-0.2, -0.15) is 5.06 Å². The first-order valence-electron chi connectivity index (χ1n) is 7.24. The van der Waals surface area contributed by atoms with Gasteiger partial charge in [-0.3, -0.25) is 4.84 Å². The Bertz CT molecular complexity index is 199. The molecule has 2 heteroatoms. The molecule has 1 saturated heterocycles. The van der Waals surface area contributed by atoms with Gasteiger partial charge in [0.05, 0.1) is 6.61 Å². The molecule has 0 N–H and O–H groups in total. The fourth-order valence-corrected chi connectivity index (χ4v) is 2.42. The molecule has 0 spiro atoms. The first-order chi connectivity index (χ1) is 7.87. The lowest BCUT2D eigenvalue weighted by Gasteiger charge is -2.32. The van der Waals surface area contributed by atoms with E-state index in [1.807, 2.05) is 0 Å². The fraction of sp³-hybridized carbons (Fsp3) is 1.00. The van der Waals surface area contributed by atoms with E-state index in [-0.39, 0.29) is 0 Å². The second kappa shape index (κ2) is 6.75. The molecule has 0 atom stereocenters. The molecule has 0 bridgehead atoms. The maximum absolute atomic E-state index is 5.85. The van der Waals surface area contributed by atoms with Crippen molar-refractivity contribution >= 4 is 0 Å². The molecule has 17 heavy (non-hydrogen) atoms. The highest BCUT2D eigenvalue weighted by Gasteiger charge is 2.20. The van der Waals surface area contributed by atoms with Crippen LogP contribution >= 0.6 is 0 Å². The minimum atomic E-state index is 0.385. The van der Waals surface area contributed by atoms with E-state index in [4.69, 9.17) is 4.84 Å². The third kappa shape index (κ3) is 7.05. The molecule has 0 saturated carbocycles. The molecule has 2 nitrogen and oxygen atoms in total. The largest absolute Gasteiger partial charge is 0.299 e. The van der Waals surface area contributed by atoms with Crippen molar-refractivity contribution in [3.05, 3.63) is 0 Å². The molecular weight excluding hydrogens is 210 g/mol. The molecule has 1 fully saturated rings. The lowest BCUT2D eigenvalue weighted by molar-refractivity contribution is -0.178. The SMILES string of the molecule is CC(C)CC1CCN(OCCC(C)(C)C)CC1. The van der Waals surface area contributed by atoms with Crippen LogP contribution in [0.4, 0.5) is 0 Å². The molecule has 0 amide bonds. The summed E-state index contributed by atoms with van der Waals surface area (Å²) < 4.78 is 0. The summed E-state index contributed by atoms with van der Waals surface area (Å²) in [4.78, 5) is 5.85. The highest BCUT2D eigenvalue weighted by molar-refractivity contribution is 4.69. The van der Waals surface area contributed by atoms with E-state index >= 15 is 0 Å². The molecule has 1 aliphatic rings. The molecule has 1 rings (SSSR count). The number of hydroxylamine groups is 2. The van der Waals surface area contributed by atoms with Crippen molar-refractivity contribution in [2.75, 3.05) is 19.7 Å². The zero-order valence-corrected chi connectivity index (χ0v) is 12.5. The Morgan fingerprint density at radius 3 is 2.24 bits per heavy atom. The summed E-state index contributed by atoms with van der Waals surface area (Å²) in [5.41, 5.74) is 0.385. The van der Waals surface area contributed by atoms with Gasteiger partial charge in [-0.25, -0.2) is 0 Å². The minimum Gasteiger partial charge on any atom is -0.299 e. The smallest absolute Gasteiger partial charge is 0.0690 e. The van der Waals surface area contributed by atoms with Gasteiger partial charge < -0.3 is 0 Å². The molecule has 1 aliphatic heterocycles. The van der Waals surface area contributed by atoms with E-state index in [0.717, 1.165) is 38.0 Å². The molecule has 0 unspecified atom stereocenters. The normalized spacial score (nSPS) is 20.1. The predicted molar refractivity (Wildman–Crippen MR) is 73.8 cm³/mol. The number of nitrogens with zero attached hydrogens (tertiary/aromatic N) is 1. The van der Waals surface area contributed by atoms with Crippen LogP contribution in [0, 0.1) is 17.3 Å². The van der Waals surface area contributed by atoms with Gasteiger partial charge in [-0.05, 0) is 42.9 Å². The molecular formula is C15H31NO. The summed E-state index contributed by atoms with van der Waals surface area (Å²) >= 11 is 0. The molecule has 0 aromatic heterocycles. The molecule has 1 heterocycles. The third-order valence-corrected chi connectivity index (χ3v) is 3.50.